The van der Waals surface area contributed by atoms with E-state index >= 15 is 0 Å². The normalized spacial score (nSPS) is 13.2. The molecule has 2 aromatic rings. The molecule has 0 aliphatic rings. The van der Waals surface area contributed by atoms with Crippen molar-refractivity contribution in [2.24, 2.45) is 0 Å². The van der Waals surface area contributed by atoms with Gasteiger partial charge in [0, 0.05) is 0 Å². The van der Waals surface area contributed by atoms with Gasteiger partial charge >= 0.3 is 0 Å². The largest absolute Gasteiger partial charge is 0.481 e. The number of ether oxygens (including phenoxy) is 1. The molecule has 0 saturated heterocycles. The molecule has 0 fully saturated rings. The Hall–Kier alpha value is -2.29. The molecule has 0 saturated carbocycles. The lowest BCUT2D eigenvalue weighted by molar-refractivity contribution is -0.128. The summed E-state index contributed by atoms with van der Waals surface area (Å²) < 4.78 is 5.84. The van der Waals surface area contributed by atoms with Gasteiger partial charge in [-0.25, -0.2) is 0 Å². The number of rotatable bonds is 7. The van der Waals surface area contributed by atoms with Gasteiger partial charge in [-0.05, 0) is 55.5 Å². The third kappa shape index (κ3) is 4.60. The van der Waals surface area contributed by atoms with Gasteiger partial charge < -0.3 is 10.1 Å². The van der Waals surface area contributed by atoms with Gasteiger partial charge in [0.05, 0.1) is 6.04 Å². The fourth-order valence-corrected chi connectivity index (χ4v) is 2.65. The van der Waals surface area contributed by atoms with Gasteiger partial charge in [0.2, 0.25) is 0 Å². The monoisotopic (exact) mass is 325 g/mol. The van der Waals surface area contributed by atoms with E-state index in [4.69, 9.17) is 4.74 Å². The average Bonchev–Trinajstić information content (AvgIpc) is 2.60. The van der Waals surface area contributed by atoms with Crippen LogP contribution in [-0.2, 0) is 4.79 Å². The Kier molecular flexibility index (Phi) is 6.42. The van der Waals surface area contributed by atoms with Crippen LogP contribution in [0.3, 0.4) is 0 Å². The Morgan fingerprint density at radius 3 is 2.29 bits per heavy atom. The molecule has 2 aromatic carbocycles. The molecule has 0 radical (unpaired) electrons. The van der Waals surface area contributed by atoms with Crippen LogP contribution in [0.1, 0.15) is 49.4 Å². The van der Waals surface area contributed by atoms with Crippen LogP contribution in [0.25, 0.3) is 0 Å². The van der Waals surface area contributed by atoms with Crippen LogP contribution < -0.4 is 10.1 Å². The van der Waals surface area contributed by atoms with Crippen LogP contribution in [0.2, 0.25) is 0 Å². The predicted octanol–water partition coefficient (Wildman–Crippen LogP) is 4.73. The Morgan fingerprint density at radius 1 is 1.00 bits per heavy atom. The summed E-state index contributed by atoms with van der Waals surface area (Å²) >= 11 is 0. The van der Waals surface area contributed by atoms with Crippen molar-refractivity contribution >= 4 is 5.91 Å². The maximum Gasteiger partial charge on any atom is 0.261 e. The number of aryl methyl sites for hydroxylation is 2. The van der Waals surface area contributed by atoms with Gasteiger partial charge in [0.25, 0.3) is 5.91 Å². The summed E-state index contributed by atoms with van der Waals surface area (Å²) in [7, 11) is 0. The summed E-state index contributed by atoms with van der Waals surface area (Å²) in [5.74, 6) is 0.658. The summed E-state index contributed by atoms with van der Waals surface area (Å²) in [5, 5.41) is 3.14. The van der Waals surface area contributed by atoms with E-state index < -0.39 is 6.10 Å². The van der Waals surface area contributed by atoms with E-state index in [2.05, 4.69) is 44.3 Å². The summed E-state index contributed by atoms with van der Waals surface area (Å²) in [6.45, 7) is 8.24. The lowest BCUT2D eigenvalue weighted by Crippen LogP contribution is -2.40. The van der Waals surface area contributed by atoms with Crippen LogP contribution in [0.4, 0.5) is 0 Å². The highest BCUT2D eigenvalue weighted by molar-refractivity contribution is 5.81. The standard InChI is InChI=1S/C21H27NO2/c1-5-19(17-13-12-15(3)16(4)14-17)22-21(23)20(6-2)24-18-10-8-7-9-11-18/h7-14,19-20H,5-6H2,1-4H3,(H,22,23). The second-order valence-corrected chi connectivity index (χ2v) is 6.14. The van der Waals surface area contributed by atoms with Crippen molar-refractivity contribution in [3.63, 3.8) is 0 Å². The molecular weight excluding hydrogens is 298 g/mol. The highest BCUT2D eigenvalue weighted by atomic mass is 16.5. The number of amides is 1. The smallest absolute Gasteiger partial charge is 0.261 e. The number of para-hydroxylation sites is 1. The number of hydrogen-bond acceptors (Lipinski definition) is 2. The predicted molar refractivity (Wildman–Crippen MR) is 98.2 cm³/mol. The first-order valence-electron chi connectivity index (χ1n) is 8.64. The molecule has 0 spiro atoms. The second kappa shape index (κ2) is 8.53. The van der Waals surface area contributed by atoms with Crippen molar-refractivity contribution in [3.05, 3.63) is 65.2 Å². The fraction of sp³-hybridized carbons (Fsp3) is 0.381. The first kappa shape index (κ1) is 18.1. The zero-order valence-electron chi connectivity index (χ0n) is 15.0. The molecule has 0 aliphatic heterocycles. The van der Waals surface area contributed by atoms with Gasteiger partial charge in [-0.15, -0.1) is 0 Å². The topological polar surface area (TPSA) is 38.3 Å². The third-order valence-electron chi connectivity index (χ3n) is 4.34. The molecule has 128 valence electrons. The van der Waals surface area contributed by atoms with E-state index in [1.165, 1.54) is 11.1 Å². The van der Waals surface area contributed by atoms with E-state index in [1.807, 2.05) is 37.3 Å². The molecule has 0 aliphatic carbocycles. The van der Waals surface area contributed by atoms with Crippen molar-refractivity contribution in [2.45, 2.75) is 52.7 Å². The van der Waals surface area contributed by atoms with Gasteiger partial charge in [-0.1, -0.05) is 50.2 Å². The van der Waals surface area contributed by atoms with E-state index in [0.29, 0.717) is 6.42 Å². The minimum absolute atomic E-state index is 0.00484. The first-order valence-corrected chi connectivity index (χ1v) is 8.64. The maximum atomic E-state index is 12.6. The van der Waals surface area contributed by atoms with Crippen LogP contribution >= 0.6 is 0 Å². The van der Waals surface area contributed by atoms with Gasteiger partial charge in [-0.3, -0.25) is 4.79 Å². The van der Waals surface area contributed by atoms with Crippen molar-refractivity contribution in [1.29, 1.82) is 0 Å². The highest BCUT2D eigenvalue weighted by Crippen LogP contribution is 2.21. The number of nitrogens with one attached hydrogen (secondary N) is 1. The molecule has 2 rings (SSSR count). The van der Waals surface area contributed by atoms with Crippen LogP contribution in [-0.4, -0.2) is 12.0 Å². The molecule has 0 aromatic heterocycles. The molecule has 2 unspecified atom stereocenters. The number of hydrogen-bond donors (Lipinski definition) is 1. The van der Waals surface area contributed by atoms with E-state index in [-0.39, 0.29) is 11.9 Å². The molecule has 24 heavy (non-hydrogen) atoms. The number of benzene rings is 2. The lowest BCUT2D eigenvalue weighted by atomic mass is 9.99. The zero-order valence-corrected chi connectivity index (χ0v) is 15.0. The summed E-state index contributed by atoms with van der Waals surface area (Å²) in [5.41, 5.74) is 3.65. The Balaban J connectivity index is 2.07. The SMILES string of the molecule is CCC(Oc1ccccc1)C(=O)NC(CC)c1ccc(C)c(C)c1. The Morgan fingerprint density at radius 2 is 1.71 bits per heavy atom. The van der Waals surface area contributed by atoms with Gasteiger partial charge in [0.1, 0.15) is 5.75 Å². The highest BCUT2D eigenvalue weighted by Gasteiger charge is 2.22. The number of carbonyl (C=O) groups is 1. The van der Waals surface area contributed by atoms with Crippen molar-refractivity contribution < 1.29 is 9.53 Å². The minimum atomic E-state index is -0.479. The van der Waals surface area contributed by atoms with Gasteiger partial charge in [0.15, 0.2) is 6.10 Å². The average molecular weight is 325 g/mol. The Bertz CT molecular complexity index is 667. The Labute approximate surface area is 145 Å². The molecule has 3 nitrogen and oxygen atoms in total. The second-order valence-electron chi connectivity index (χ2n) is 6.14. The van der Waals surface area contributed by atoms with Crippen LogP contribution in [0.5, 0.6) is 5.75 Å². The molecular formula is C21H27NO2. The minimum Gasteiger partial charge on any atom is -0.481 e. The fourth-order valence-electron chi connectivity index (χ4n) is 2.65. The molecule has 0 heterocycles. The third-order valence-corrected chi connectivity index (χ3v) is 4.34. The molecule has 3 heteroatoms. The molecule has 2 atom stereocenters. The first-order chi connectivity index (χ1) is 11.5. The maximum absolute atomic E-state index is 12.6. The van der Waals surface area contributed by atoms with Crippen molar-refractivity contribution in [3.8, 4) is 5.75 Å². The van der Waals surface area contributed by atoms with Crippen molar-refractivity contribution in [2.75, 3.05) is 0 Å². The summed E-state index contributed by atoms with van der Waals surface area (Å²) in [4.78, 5) is 12.6. The van der Waals surface area contributed by atoms with E-state index in [0.717, 1.165) is 17.7 Å². The van der Waals surface area contributed by atoms with E-state index in [1.54, 1.807) is 0 Å². The number of carbonyl (C=O) groups excluding carboxylic acids is 1. The van der Waals surface area contributed by atoms with Crippen LogP contribution in [0.15, 0.2) is 48.5 Å². The zero-order chi connectivity index (χ0) is 17.5. The molecule has 1 amide bonds. The quantitative estimate of drug-likeness (QED) is 0.799. The lowest BCUT2D eigenvalue weighted by Gasteiger charge is -2.23. The van der Waals surface area contributed by atoms with Gasteiger partial charge in [-0.2, -0.15) is 0 Å². The summed E-state index contributed by atoms with van der Waals surface area (Å²) in [6.07, 6.45) is 0.994. The molecule has 1 N–H and O–H groups in total. The van der Waals surface area contributed by atoms with Crippen molar-refractivity contribution in [1.82, 2.24) is 5.32 Å². The van der Waals surface area contributed by atoms with E-state index in [9.17, 15) is 4.79 Å². The molecule has 0 bridgehead atoms. The van der Waals surface area contributed by atoms with Crippen LogP contribution in [0, 0.1) is 13.8 Å². The summed E-state index contributed by atoms with van der Waals surface area (Å²) in [6, 6.07) is 15.8.